The van der Waals surface area contributed by atoms with Crippen molar-refractivity contribution in [3.8, 4) is 5.75 Å². The quantitative estimate of drug-likeness (QED) is 0.697. The van der Waals surface area contributed by atoms with Crippen LogP contribution in [-0.4, -0.2) is 35.9 Å². The number of amides is 2. The highest BCUT2D eigenvalue weighted by molar-refractivity contribution is 6.04. The van der Waals surface area contributed by atoms with E-state index < -0.39 is 6.10 Å². The smallest absolute Gasteiger partial charge is 0.265 e. The summed E-state index contributed by atoms with van der Waals surface area (Å²) >= 11 is 0. The maximum Gasteiger partial charge on any atom is 0.265 e. The van der Waals surface area contributed by atoms with Crippen LogP contribution >= 0.6 is 0 Å². The third-order valence-corrected chi connectivity index (χ3v) is 5.87. The predicted molar refractivity (Wildman–Crippen MR) is 120 cm³/mol. The summed E-state index contributed by atoms with van der Waals surface area (Å²) in [6.45, 7) is 3.80. The number of carbonyl (C=O) groups is 2. The van der Waals surface area contributed by atoms with E-state index in [-0.39, 0.29) is 17.9 Å². The zero-order valence-corrected chi connectivity index (χ0v) is 18.2. The number of anilines is 1. The summed E-state index contributed by atoms with van der Waals surface area (Å²) in [6, 6.07) is 15.2. The van der Waals surface area contributed by atoms with Crippen LogP contribution < -0.4 is 10.1 Å². The first kappa shape index (κ1) is 21.9. The van der Waals surface area contributed by atoms with Gasteiger partial charge in [0.15, 0.2) is 6.10 Å². The summed E-state index contributed by atoms with van der Waals surface area (Å²) in [7, 11) is 1.86. The van der Waals surface area contributed by atoms with Gasteiger partial charge in [-0.05, 0) is 56.0 Å². The molecule has 1 saturated carbocycles. The van der Waals surface area contributed by atoms with Crippen LogP contribution in [0.5, 0.6) is 5.75 Å². The maximum absolute atomic E-state index is 13.1. The molecule has 5 nitrogen and oxygen atoms in total. The number of aryl methyl sites for hydroxylation is 1. The summed E-state index contributed by atoms with van der Waals surface area (Å²) in [5, 5.41) is 2.88. The lowest BCUT2D eigenvalue weighted by atomic mass is 9.94. The zero-order chi connectivity index (χ0) is 21.5. The van der Waals surface area contributed by atoms with Crippen molar-refractivity contribution >= 4 is 17.5 Å². The van der Waals surface area contributed by atoms with Crippen molar-refractivity contribution in [3.05, 3.63) is 59.7 Å². The fourth-order valence-electron chi connectivity index (χ4n) is 3.90. The van der Waals surface area contributed by atoms with Gasteiger partial charge in [-0.25, -0.2) is 0 Å². The Labute approximate surface area is 179 Å². The van der Waals surface area contributed by atoms with Crippen LogP contribution in [0.3, 0.4) is 0 Å². The molecule has 0 radical (unpaired) electrons. The van der Waals surface area contributed by atoms with E-state index in [2.05, 4.69) is 12.2 Å². The minimum Gasteiger partial charge on any atom is -0.481 e. The number of carbonyl (C=O) groups excluding carboxylic acids is 2. The molecule has 160 valence electrons. The number of hydrogen-bond donors (Lipinski definition) is 1. The third-order valence-electron chi connectivity index (χ3n) is 5.87. The standard InChI is InChI=1S/C25H32N2O3/c1-4-19-14-16-21(17-15-19)30-18(2)24(28)26-23-13-9-8-12-22(23)25(29)27(3)20-10-6-5-7-11-20/h8-9,12-18,20H,4-7,10-11H2,1-3H3,(H,26,28). The molecular formula is C25H32N2O3. The lowest BCUT2D eigenvalue weighted by Gasteiger charge is -2.31. The molecule has 1 N–H and O–H groups in total. The van der Waals surface area contributed by atoms with E-state index in [0.29, 0.717) is 17.0 Å². The Balaban J connectivity index is 1.66. The van der Waals surface area contributed by atoms with Crippen molar-refractivity contribution in [1.29, 1.82) is 0 Å². The van der Waals surface area contributed by atoms with Crippen LogP contribution in [0.25, 0.3) is 0 Å². The highest BCUT2D eigenvalue weighted by Crippen LogP contribution is 2.25. The summed E-state index contributed by atoms with van der Waals surface area (Å²) in [5.74, 6) is 0.313. The average molecular weight is 409 g/mol. The van der Waals surface area contributed by atoms with Crippen molar-refractivity contribution in [2.75, 3.05) is 12.4 Å². The Kier molecular flexibility index (Phi) is 7.50. The predicted octanol–water partition coefficient (Wildman–Crippen LogP) is 5.06. The first-order valence-electron chi connectivity index (χ1n) is 10.9. The zero-order valence-electron chi connectivity index (χ0n) is 18.2. The Hall–Kier alpha value is -2.82. The molecule has 0 heterocycles. The van der Waals surface area contributed by atoms with Gasteiger partial charge in [0.1, 0.15) is 5.75 Å². The highest BCUT2D eigenvalue weighted by atomic mass is 16.5. The summed E-state index contributed by atoms with van der Waals surface area (Å²) in [5.41, 5.74) is 2.25. The lowest BCUT2D eigenvalue weighted by Crippen LogP contribution is -2.39. The summed E-state index contributed by atoms with van der Waals surface area (Å²) in [4.78, 5) is 27.7. The molecule has 1 fully saturated rings. The van der Waals surface area contributed by atoms with Gasteiger partial charge in [-0.15, -0.1) is 0 Å². The van der Waals surface area contributed by atoms with Gasteiger partial charge in [0, 0.05) is 13.1 Å². The Bertz CT molecular complexity index is 857. The van der Waals surface area contributed by atoms with Crippen molar-refractivity contribution in [3.63, 3.8) is 0 Å². The molecule has 2 aromatic rings. The average Bonchev–Trinajstić information content (AvgIpc) is 2.79. The van der Waals surface area contributed by atoms with Crippen LogP contribution in [0.15, 0.2) is 48.5 Å². The normalized spacial score (nSPS) is 15.3. The van der Waals surface area contributed by atoms with Crippen molar-refractivity contribution in [2.24, 2.45) is 0 Å². The minimum atomic E-state index is -0.684. The maximum atomic E-state index is 13.1. The molecular weight excluding hydrogens is 376 g/mol. The molecule has 30 heavy (non-hydrogen) atoms. The summed E-state index contributed by atoms with van der Waals surface area (Å²) < 4.78 is 5.78. The van der Waals surface area contributed by atoms with E-state index >= 15 is 0 Å². The second-order valence-corrected chi connectivity index (χ2v) is 8.00. The molecule has 1 atom stereocenters. The fraction of sp³-hybridized carbons (Fsp3) is 0.440. The van der Waals surface area contributed by atoms with Crippen molar-refractivity contribution < 1.29 is 14.3 Å². The molecule has 1 aliphatic carbocycles. The number of benzene rings is 2. The van der Waals surface area contributed by atoms with Crippen LogP contribution in [0, 0.1) is 0 Å². The molecule has 1 aliphatic rings. The molecule has 2 amide bonds. The number of rotatable bonds is 7. The molecule has 0 aliphatic heterocycles. The lowest BCUT2D eigenvalue weighted by molar-refractivity contribution is -0.122. The molecule has 2 aromatic carbocycles. The minimum absolute atomic E-state index is 0.0541. The highest BCUT2D eigenvalue weighted by Gasteiger charge is 2.25. The third kappa shape index (κ3) is 5.41. The van der Waals surface area contributed by atoms with Gasteiger partial charge < -0.3 is 15.0 Å². The van der Waals surface area contributed by atoms with Gasteiger partial charge in [0.25, 0.3) is 11.8 Å². The SMILES string of the molecule is CCc1ccc(OC(C)C(=O)Nc2ccccc2C(=O)N(C)C2CCCCC2)cc1. The number of para-hydroxylation sites is 1. The number of nitrogens with zero attached hydrogens (tertiary/aromatic N) is 1. The molecule has 0 spiro atoms. The topological polar surface area (TPSA) is 58.6 Å². The Morgan fingerprint density at radius 1 is 1.07 bits per heavy atom. The van der Waals surface area contributed by atoms with Crippen LogP contribution in [-0.2, 0) is 11.2 Å². The van der Waals surface area contributed by atoms with E-state index in [4.69, 9.17) is 4.74 Å². The van der Waals surface area contributed by atoms with Crippen molar-refractivity contribution in [1.82, 2.24) is 4.90 Å². The monoisotopic (exact) mass is 408 g/mol. The number of nitrogens with one attached hydrogen (secondary N) is 1. The van der Waals surface area contributed by atoms with E-state index in [1.807, 2.05) is 48.3 Å². The first-order valence-corrected chi connectivity index (χ1v) is 10.9. The molecule has 3 rings (SSSR count). The van der Waals surface area contributed by atoms with Gasteiger partial charge >= 0.3 is 0 Å². The van der Waals surface area contributed by atoms with Crippen LogP contribution in [0.1, 0.15) is 61.9 Å². The van der Waals surface area contributed by atoms with E-state index in [1.54, 1.807) is 19.1 Å². The summed E-state index contributed by atoms with van der Waals surface area (Å²) in [6.07, 6.45) is 5.91. The van der Waals surface area contributed by atoms with E-state index in [1.165, 1.54) is 12.0 Å². The number of hydrogen-bond acceptors (Lipinski definition) is 3. The second kappa shape index (κ2) is 10.3. The fourth-order valence-corrected chi connectivity index (χ4v) is 3.90. The van der Waals surface area contributed by atoms with Gasteiger partial charge in [-0.3, -0.25) is 9.59 Å². The van der Waals surface area contributed by atoms with Crippen LogP contribution in [0.2, 0.25) is 0 Å². The Morgan fingerprint density at radius 2 is 1.73 bits per heavy atom. The van der Waals surface area contributed by atoms with Gasteiger partial charge in [0.05, 0.1) is 11.3 Å². The number of ether oxygens (including phenoxy) is 1. The first-order chi connectivity index (χ1) is 14.5. The van der Waals surface area contributed by atoms with E-state index in [9.17, 15) is 9.59 Å². The molecule has 0 aromatic heterocycles. The van der Waals surface area contributed by atoms with Gasteiger partial charge in [0.2, 0.25) is 0 Å². The van der Waals surface area contributed by atoms with Crippen LogP contribution in [0.4, 0.5) is 5.69 Å². The second-order valence-electron chi connectivity index (χ2n) is 8.00. The molecule has 0 bridgehead atoms. The van der Waals surface area contributed by atoms with E-state index in [0.717, 1.165) is 32.1 Å². The molecule has 1 unspecified atom stereocenters. The van der Waals surface area contributed by atoms with Gasteiger partial charge in [-0.2, -0.15) is 0 Å². The largest absolute Gasteiger partial charge is 0.481 e. The molecule has 0 saturated heterocycles. The Morgan fingerprint density at radius 3 is 2.40 bits per heavy atom. The van der Waals surface area contributed by atoms with Gasteiger partial charge in [-0.1, -0.05) is 50.5 Å². The molecule has 5 heteroatoms. The van der Waals surface area contributed by atoms with Crippen molar-refractivity contribution in [2.45, 2.75) is 64.5 Å².